The van der Waals surface area contributed by atoms with Crippen LogP contribution in [0.2, 0.25) is 10.0 Å². The van der Waals surface area contributed by atoms with Crippen LogP contribution in [-0.4, -0.2) is 4.57 Å². The SMILES string of the molecule is Fc1ccc(-n2c3ccccc3c3cc(Cl)cc(Cl)c32)cc1. The fourth-order valence-electron chi connectivity index (χ4n) is 2.87. The standard InChI is InChI=1S/C18H10Cl2FN/c19-11-9-15-14-3-1-2-4-17(14)22(18(15)16(20)10-11)13-7-5-12(21)6-8-13/h1-10H. The summed E-state index contributed by atoms with van der Waals surface area (Å²) in [5.41, 5.74) is 2.74. The average molecular weight is 330 g/mol. The Morgan fingerprint density at radius 3 is 2.32 bits per heavy atom. The number of benzene rings is 3. The van der Waals surface area contributed by atoms with Crippen LogP contribution in [0.4, 0.5) is 4.39 Å². The molecule has 0 radical (unpaired) electrons. The van der Waals surface area contributed by atoms with E-state index in [0.717, 1.165) is 27.5 Å². The van der Waals surface area contributed by atoms with Gasteiger partial charge in [0.25, 0.3) is 0 Å². The van der Waals surface area contributed by atoms with Crippen molar-refractivity contribution in [3.63, 3.8) is 0 Å². The van der Waals surface area contributed by atoms with Gasteiger partial charge in [-0.3, -0.25) is 0 Å². The summed E-state index contributed by atoms with van der Waals surface area (Å²) in [4.78, 5) is 0. The van der Waals surface area contributed by atoms with Crippen molar-refractivity contribution < 1.29 is 4.39 Å². The molecule has 1 aromatic heterocycles. The Labute approximate surface area is 136 Å². The number of nitrogens with zero attached hydrogens (tertiary/aromatic N) is 1. The maximum absolute atomic E-state index is 13.2. The first-order valence-corrected chi connectivity index (χ1v) is 7.55. The van der Waals surface area contributed by atoms with Gasteiger partial charge in [-0.15, -0.1) is 0 Å². The molecule has 0 unspecified atom stereocenters. The highest BCUT2D eigenvalue weighted by molar-refractivity contribution is 6.39. The molecule has 0 atom stereocenters. The molecule has 0 aliphatic rings. The van der Waals surface area contributed by atoms with Crippen LogP contribution in [0.1, 0.15) is 0 Å². The summed E-state index contributed by atoms with van der Waals surface area (Å²) in [6.07, 6.45) is 0. The van der Waals surface area contributed by atoms with Crippen molar-refractivity contribution in [3.05, 3.63) is 76.5 Å². The van der Waals surface area contributed by atoms with Crippen molar-refractivity contribution >= 4 is 45.0 Å². The van der Waals surface area contributed by atoms with Crippen molar-refractivity contribution in [2.24, 2.45) is 0 Å². The van der Waals surface area contributed by atoms with Crippen LogP contribution in [0.25, 0.3) is 27.5 Å². The number of rotatable bonds is 1. The Hall–Kier alpha value is -2.03. The van der Waals surface area contributed by atoms with Crippen molar-refractivity contribution in [2.45, 2.75) is 0 Å². The number of aromatic nitrogens is 1. The minimum atomic E-state index is -0.265. The Bertz CT molecular complexity index is 1000. The summed E-state index contributed by atoms with van der Waals surface area (Å²) in [6, 6.07) is 18.0. The first-order chi connectivity index (χ1) is 10.6. The molecule has 4 rings (SSSR count). The molecule has 1 heterocycles. The van der Waals surface area contributed by atoms with E-state index in [0.29, 0.717) is 10.0 Å². The number of hydrogen-bond acceptors (Lipinski definition) is 0. The molecule has 0 saturated heterocycles. The summed E-state index contributed by atoms with van der Waals surface area (Å²) in [5.74, 6) is -0.265. The van der Waals surface area contributed by atoms with Crippen LogP contribution in [0.3, 0.4) is 0 Å². The molecule has 0 amide bonds. The van der Waals surface area contributed by atoms with E-state index in [9.17, 15) is 4.39 Å². The molecule has 3 aromatic carbocycles. The zero-order valence-corrected chi connectivity index (χ0v) is 12.9. The quantitative estimate of drug-likeness (QED) is 0.390. The normalized spacial score (nSPS) is 11.4. The van der Waals surface area contributed by atoms with E-state index in [4.69, 9.17) is 23.2 Å². The van der Waals surface area contributed by atoms with Gasteiger partial charge < -0.3 is 4.57 Å². The van der Waals surface area contributed by atoms with E-state index in [2.05, 4.69) is 0 Å². The molecule has 0 saturated carbocycles. The summed E-state index contributed by atoms with van der Waals surface area (Å²) >= 11 is 12.6. The lowest BCUT2D eigenvalue weighted by Crippen LogP contribution is -1.94. The van der Waals surface area contributed by atoms with Gasteiger partial charge in [-0.05, 0) is 42.5 Å². The van der Waals surface area contributed by atoms with Crippen LogP contribution in [-0.2, 0) is 0 Å². The molecule has 0 fully saturated rings. The molecular formula is C18H10Cl2FN. The van der Waals surface area contributed by atoms with Crippen LogP contribution in [0.5, 0.6) is 0 Å². The van der Waals surface area contributed by atoms with Crippen LogP contribution >= 0.6 is 23.2 Å². The van der Waals surface area contributed by atoms with Gasteiger partial charge in [0, 0.05) is 21.5 Å². The second kappa shape index (κ2) is 5.01. The third-order valence-corrected chi connectivity index (χ3v) is 4.28. The highest BCUT2D eigenvalue weighted by Crippen LogP contribution is 2.37. The van der Waals surface area contributed by atoms with Crippen LogP contribution in [0.15, 0.2) is 60.7 Å². The maximum Gasteiger partial charge on any atom is 0.123 e. The van der Waals surface area contributed by atoms with E-state index < -0.39 is 0 Å². The van der Waals surface area contributed by atoms with Crippen molar-refractivity contribution in [1.82, 2.24) is 4.57 Å². The third-order valence-electron chi connectivity index (χ3n) is 3.77. The van der Waals surface area contributed by atoms with Gasteiger partial charge in [-0.2, -0.15) is 0 Å². The number of fused-ring (bicyclic) bond motifs is 3. The minimum absolute atomic E-state index is 0.265. The number of para-hydroxylation sites is 1. The van der Waals surface area contributed by atoms with Crippen LogP contribution in [0, 0.1) is 5.82 Å². The fourth-order valence-corrected chi connectivity index (χ4v) is 3.45. The molecular weight excluding hydrogens is 320 g/mol. The largest absolute Gasteiger partial charge is 0.308 e. The molecule has 0 N–H and O–H groups in total. The Kier molecular flexibility index (Phi) is 3.10. The maximum atomic E-state index is 13.2. The topological polar surface area (TPSA) is 4.93 Å². The van der Waals surface area contributed by atoms with Gasteiger partial charge in [0.15, 0.2) is 0 Å². The predicted molar refractivity (Wildman–Crippen MR) is 90.8 cm³/mol. The molecule has 0 bridgehead atoms. The zero-order chi connectivity index (χ0) is 15.3. The van der Waals surface area contributed by atoms with Gasteiger partial charge in [0.2, 0.25) is 0 Å². The number of hydrogen-bond donors (Lipinski definition) is 0. The lowest BCUT2D eigenvalue weighted by Gasteiger charge is -2.08. The lowest BCUT2D eigenvalue weighted by atomic mass is 10.1. The molecule has 0 aliphatic heterocycles. The second-order valence-corrected chi connectivity index (χ2v) is 5.96. The van der Waals surface area contributed by atoms with Crippen molar-refractivity contribution in [2.75, 3.05) is 0 Å². The number of halogens is 3. The molecule has 1 nitrogen and oxygen atoms in total. The molecule has 4 aromatic rings. The van der Waals surface area contributed by atoms with E-state index >= 15 is 0 Å². The van der Waals surface area contributed by atoms with Crippen molar-refractivity contribution in [1.29, 1.82) is 0 Å². The fraction of sp³-hybridized carbons (Fsp3) is 0. The lowest BCUT2D eigenvalue weighted by molar-refractivity contribution is 0.627. The van der Waals surface area contributed by atoms with E-state index in [1.807, 2.05) is 34.9 Å². The first-order valence-electron chi connectivity index (χ1n) is 6.79. The van der Waals surface area contributed by atoms with E-state index in [1.54, 1.807) is 18.2 Å². The molecule has 22 heavy (non-hydrogen) atoms. The molecule has 108 valence electrons. The molecule has 4 heteroatoms. The predicted octanol–water partition coefficient (Wildman–Crippen LogP) is 6.23. The Morgan fingerprint density at radius 2 is 1.55 bits per heavy atom. The summed E-state index contributed by atoms with van der Waals surface area (Å²) in [6.45, 7) is 0. The second-order valence-electron chi connectivity index (χ2n) is 5.11. The van der Waals surface area contributed by atoms with E-state index in [-0.39, 0.29) is 5.82 Å². The summed E-state index contributed by atoms with van der Waals surface area (Å²) in [7, 11) is 0. The van der Waals surface area contributed by atoms with Crippen LogP contribution < -0.4 is 0 Å². The smallest absolute Gasteiger partial charge is 0.123 e. The van der Waals surface area contributed by atoms with Crippen molar-refractivity contribution in [3.8, 4) is 5.69 Å². The highest BCUT2D eigenvalue weighted by Gasteiger charge is 2.15. The zero-order valence-electron chi connectivity index (χ0n) is 11.4. The highest BCUT2D eigenvalue weighted by atomic mass is 35.5. The van der Waals surface area contributed by atoms with Gasteiger partial charge in [0.05, 0.1) is 16.1 Å². The average Bonchev–Trinajstić information content (AvgIpc) is 2.83. The molecule has 0 aliphatic carbocycles. The third kappa shape index (κ3) is 1.99. The molecule has 0 spiro atoms. The first kappa shape index (κ1) is 13.6. The summed E-state index contributed by atoms with van der Waals surface area (Å²) < 4.78 is 15.3. The monoisotopic (exact) mass is 329 g/mol. The Morgan fingerprint density at radius 1 is 0.818 bits per heavy atom. The van der Waals surface area contributed by atoms with E-state index in [1.165, 1.54) is 12.1 Å². The van der Waals surface area contributed by atoms with Gasteiger partial charge in [-0.25, -0.2) is 4.39 Å². The summed E-state index contributed by atoms with van der Waals surface area (Å²) in [5, 5.41) is 3.21. The Balaban J connectivity index is 2.22. The van der Waals surface area contributed by atoms with Gasteiger partial charge in [0.1, 0.15) is 5.82 Å². The van der Waals surface area contributed by atoms with Gasteiger partial charge in [-0.1, -0.05) is 41.4 Å². The minimum Gasteiger partial charge on any atom is -0.308 e. The van der Waals surface area contributed by atoms with Gasteiger partial charge >= 0.3 is 0 Å².